The van der Waals surface area contributed by atoms with Crippen molar-refractivity contribution >= 4 is 29.0 Å². The largest absolute Gasteiger partial charge is 0.497 e. The molecule has 5 heteroatoms. The number of hydrogen-bond donors (Lipinski definition) is 0. The van der Waals surface area contributed by atoms with E-state index >= 15 is 0 Å². The zero-order valence-electron chi connectivity index (χ0n) is 18.7. The van der Waals surface area contributed by atoms with Crippen molar-refractivity contribution in [2.45, 2.75) is 48.0 Å². The molecule has 2 aromatic carbocycles. The van der Waals surface area contributed by atoms with E-state index < -0.39 is 0 Å². The first-order valence-electron chi connectivity index (χ1n) is 9.99. The third-order valence-electron chi connectivity index (χ3n) is 3.78. The van der Waals surface area contributed by atoms with Gasteiger partial charge in [0.25, 0.3) is 0 Å². The highest BCUT2D eigenvalue weighted by Gasteiger charge is 2.12. The summed E-state index contributed by atoms with van der Waals surface area (Å²) in [6.45, 7) is 12.4. The normalized spacial score (nSPS) is 9.55. The van der Waals surface area contributed by atoms with E-state index in [1.807, 2.05) is 45.0 Å². The summed E-state index contributed by atoms with van der Waals surface area (Å²) in [5, 5.41) is 0.615. The van der Waals surface area contributed by atoms with E-state index in [0.29, 0.717) is 22.9 Å². The van der Waals surface area contributed by atoms with Crippen molar-refractivity contribution in [2.75, 3.05) is 18.6 Å². The molecule has 1 amide bonds. The molecule has 0 aromatic heterocycles. The molecule has 29 heavy (non-hydrogen) atoms. The number of ether oxygens (including phenoxy) is 1. The second kappa shape index (κ2) is 14.6. The number of ketones is 1. The van der Waals surface area contributed by atoms with Crippen LogP contribution in [-0.2, 0) is 4.79 Å². The maximum Gasteiger partial charge on any atom is 0.223 e. The molecule has 4 nitrogen and oxygen atoms in total. The lowest BCUT2D eigenvalue weighted by atomic mass is 10.1. The number of carbonyl (C=O) groups is 2. The van der Waals surface area contributed by atoms with Crippen molar-refractivity contribution in [3.63, 3.8) is 0 Å². The number of rotatable bonds is 6. The van der Waals surface area contributed by atoms with Crippen LogP contribution < -0.4 is 9.64 Å². The molecule has 0 fully saturated rings. The molecule has 0 unspecified atom stereocenters. The Kier molecular flexibility index (Phi) is 13.5. The lowest BCUT2D eigenvalue weighted by Gasteiger charge is -2.23. The van der Waals surface area contributed by atoms with Crippen molar-refractivity contribution in [1.82, 2.24) is 0 Å². The molecule has 2 rings (SSSR count). The Labute approximate surface area is 180 Å². The van der Waals surface area contributed by atoms with E-state index in [1.165, 1.54) is 0 Å². The van der Waals surface area contributed by atoms with Crippen LogP contribution in [0.2, 0.25) is 5.02 Å². The number of methoxy groups -OCH3 is 1. The highest BCUT2D eigenvalue weighted by molar-refractivity contribution is 6.31. The molecule has 0 atom stereocenters. The molecule has 0 N–H and O–H groups in total. The van der Waals surface area contributed by atoms with Gasteiger partial charge in [0.1, 0.15) is 5.75 Å². The van der Waals surface area contributed by atoms with Crippen LogP contribution in [0.1, 0.15) is 58.3 Å². The number of hydrogen-bond acceptors (Lipinski definition) is 3. The van der Waals surface area contributed by atoms with Crippen molar-refractivity contribution in [3.8, 4) is 5.75 Å². The van der Waals surface area contributed by atoms with Crippen LogP contribution in [0, 0.1) is 5.92 Å². The molecular weight excluding hydrogens is 386 g/mol. The van der Waals surface area contributed by atoms with Gasteiger partial charge in [0.2, 0.25) is 5.91 Å². The van der Waals surface area contributed by atoms with Gasteiger partial charge in [0, 0.05) is 36.2 Å². The predicted octanol–water partition coefficient (Wildman–Crippen LogP) is 6.66. The summed E-state index contributed by atoms with van der Waals surface area (Å²) in [7, 11) is 1.63. The fourth-order valence-electron chi connectivity index (χ4n) is 2.41. The molecule has 0 heterocycles. The third kappa shape index (κ3) is 10.1. The molecule has 0 aliphatic carbocycles. The Hall–Kier alpha value is -2.33. The quantitative estimate of drug-likeness (QED) is 0.491. The lowest BCUT2D eigenvalue weighted by molar-refractivity contribution is -0.116. The van der Waals surface area contributed by atoms with Gasteiger partial charge >= 0.3 is 0 Å². The average molecular weight is 420 g/mol. The van der Waals surface area contributed by atoms with Gasteiger partial charge in [0.15, 0.2) is 5.78 Å². The van der Waals surface area contributed by atoms with Gasteiger partial charge in [0.05, 0.1) is 7.11 Å². The monoisotopic (exact) mass is 419 g/mol. The van der Waals surface area contributed by atoms with Gasteiger partial charge in [-0.1, -0.05) is 58.4 Å². The van der Waals surface area contributed by atoms with Gasteiger partial charge in [-0.2, -0.15) is 0 Å². The van der Waals surface area contributed by atoms with Crippen LogP contribution in [-0.4, -0.2) is 25.3 Å². The van der Waals surface area contributed by atoms with Crippen LogP contribution in [0.3, 0.4) is 0 Å². The predicted molar refractivity (Wildman–Crippen MR) is 123 cm³/mol. The lowest BCUT2D eigenvalue weighted by Crippen LogP contribution is -2.32. The fraction of sp³-hybridized carbons (Fsp3) is 0.417. The molecule has 0 aliphatic rings. The van der Waals surface area contributed by atoms with Crippen LogP contribution in [0.15, 0.2) is 48.5 Å². The minimum Gasteiger partial charge on any atom is -0.497 e. The minimum atomic E-state index is 0.0684. The number of benzene rings is 2. The van der Waals surface area contributed by atoms with Crippen molar-refractivity contribution in [3.05, 3.63) is 59.1 Å². The van der Waals surface area contributed by atoms with Crippen LogP contribution in [0.5, 0.6) is 5.75 Å². The summed E-state index contributed by atoms with van der Waals surface area (Å²) in [6, 6.07) is 14.5. The van der Waals surface area contributed by atoms with Gasteiger partial charge in [-0.25, -0.2) is 0 Å². The SMILES string of the molecule is CC.CCC(=O)c1cccc(Cl)c1.COc1ccc(N(CC(C)C)C(C)=O)cc1. The van der Waals surface area contributed by atoms with E-state index in [0.717, 1.165) is 18.0 Å². The Morgan fingerprint density at radius 3 is 2.07 bits per heavy atom. The maximum atomic E-state index is 11.5. The average Bonchev–Trinajstić information content (AvgIpc) is 2.73. The van der Waals surface area contributed by atoms with E-state index in [9.17, 15) is 9.59 Å². The molecular formula is C24H34ClNO3. The molecule has 0 spiro atoms. The number of nitrogens with zero attached hydrogens (tertiary/aromatic N) is 1. The Morgan fingerprint density at radius 1 is 1.07 bits per heavy atom. The first kappa shape index (κ1) is 26.7. The van der Waals surface area contributed by atoms with Crippen molar-refractivity contribution < 1.29 is 14.3 Å². The first-order chi connectivity index (χ1) is 13.8. The van der Waals surface area contributed by atoms with Crippen molar-refractivity contribution in [1.29, 1.82) is 0 Å². The van der Waals surface area contributed by atoms with Crippen LogP contribution in [0.25, 0.3) is 0 Å². The zero-order valence-corrected chi connectivity index (χ0v) is 19.4. The Bertz CT molecular complexity index is 742. The summed E-state index contributed by atoms with van der Waals surface area (Å²) < 4.78 is 5.09. The molecule has 2 aromatic rings. The molecule has 0 aliphatic heterocycles. The molecule has 160 valence electrons. The van der Waals surface area contributed by atoms with Gasteiger partial charge in [-0.05, 0) is 42.3 Å². The van der Waals surface area contributed by atoms with Gasteiger partial charge in [-0.3, -0.25) is 9.59 Å². The molecule has 0 saturated carbocycles. The second-order valence-electron chi connectivity index (χ2n) is 6.51. The number of carbonyl (C=O) groups excluding carboxylic acids is 2. The van der Waals surface area contributed by atoms with Gasteiger partial charge in [-0.15, -0.1) is 0 Å². The molecule has 0 saturated heterocycles. The number of Topliss-reactive ketones (excluding diaryl/α,β-unsaturated/α-hetero) is 1. The van der Waals surface area contributed by atoms with E-state index in [-0.39, 0.29) is 11.7 Å². The molecule has 0 radical (unpaired) electrons. The maximum absolute atomic E-state index is 11.5. The Balaban J connectivity index is 0.000000526. The van der Waals surface area contributed by atoms with Crippen LogP contribution in [0.4, 0.5) is 5.69 Å². The molecule has 0 bridgehead atoms. The highest BCUT2D eigenvalue weighted by atomic mass is 35.5. The number of amides is 1. The smallest absolute Gasteiger partial charge is 0.223 e. The first-order valence-corrected chi connectivity index (χ1v) is 10.4. The summed E-state index contributed by atoms with van der Waals surface area (Å²) in [5.74, 6) is 1.45. The van der Waals surface area contributed by atoms with Crippen LogP contribution >= 0.6 is 11.6 Å². The minimum absolute atomic E-state index is 0.0684. The summed E-state index contributed by atoms with van der Waals surface area (Å²) >= 11 is 5.69. The second-order valence-corrected chi connectivity index (χ2v) is 6.95. The standard InChI is InChI=1S/C13H19NO2.C9H9ClO.C2H6/c1-10(2)9-14(11(3)15)12-5-7-13(16-4)8-6-12;1-2-9(11)7-4-3-5-8(10)6-7;1-2/h5-8,10H,9H2,1-4H3;3-6H,2H2,1H3;1-2H3. The summed E-state index contributed by atoms with van der Waals surface area (Å²) in [5.41, 5.74) is 1.61. The van der Waals surface area contributed by atoms with E-state index in [2.05, 4.69) is 13.8 Å². The summed E-state index contributed by atoms with van der Waals surface area (Å²) in [6.07, 6.45) is 0.528. The highest BCUT2D eigenvalue weighted by Crippen LogP contribution is 2.20. The Morgan fingerprint density at radius 2 is 1.66 bits per heavy atom. The van der Waals surface area contributed by atoms with E-state index in [4.69, 9.17) is 16.3 Å². The number of halogens is 1. The zero-order chi connectivity index (χ0) is 22.4. The topological polar surface area (TPSA) is 46.6 Å². The summed E-state index contributed by atoms with van der Waals surface area (Å²) in [4.78, 5) is 24.4. The third-order valence-corrected chi connectivity index (χ3v) is 4.01. The fourth-order valence-corrected chi connectivity index (χ4v) is 2.60. The number of anilines is 1. The van der Waals surface area contributed by atoms with Crippen molar-refractivity contribution in [2.24, 2.45) is 5.92 Å². The van der Waals surface area contributed by atoms with E-state index in [1.54, 1.807) is 43.2 Å². The van der Waals surface area contributed by atoms with Gasteiger partial charge < -0.3 is 9.64 Å².